The summed E-state index contributed by atoms with van der Waals surface area (Å²) in [6, 6.07) is 0. The van der Waals surface area contributed by atoms with Crippen molar-refractivity contribution >= 4 is 17.6 Å². The highest BCUT2D eigenvalue weighted by Gasteiger charge is 2.04. The first-order valence-corrected chi connectivity index (χ1v) is 4.96. The predicted molar refractivity (Wildman–Crippen MR) is 50.0 cm³/mol. The fourth-order valence-electron chi connectivity index (χ4n) is 1.34. The van der Waals surface area contributed by atoms with Gasteiger partial charge in [0.25, 0.3) is 0 Å². The molecule has 1 aliphatic rings. The summed E-state index contributed by atoms with van der Waals surface area (Å²) < 4.78 is 3.81. The molecule has 1 aliphatic heterocycles. The Labute approximate surface area is 75.7 Å². The van der Waals surface area contributed by atoms with E-state index in [2.05, 4.69) is 21.0 Å². The van der Waals surface area contributed by atoms with Crippen LogP contribution in [-0.4, -0.2) is 22.7 Å². The average molecular weight is 181 g/mol. The minimum Gasteiger partial charge on any atom is -0.313 e. The molecule has 4 heteroatoms. The highest BCUT2D eigenvalue weighted by atomic mass is 32.1. The molecule has 1 fully saturated rings. The lowest BCUT2D eigenvalue weighted by Crippen LogP contribution is -2.23. The molecule has 0 spiro atoms. The molecule has 1 aromatic rings. The third kappa shape index (κ3) is 1.89. The maximum atomic E-state index is 3.97. The Morgan fingerprint density at radius 1 is 1.58 bits per heavy atom. The quantitative estimate of drug-likeness (QED) is 0.709. The van der Waals surface area contributed by atoms with Crippen LogP contribution >= 0.6 is 11.5 Å². The maximum Gasteiger partial charge on any atom is 0.0981 e. The van der Waals surface area contributed by atoms with Crippen molar-refractivity contribution in [2.45, 2.75) is 12.8 Å². The van der Waals surface area contributed by atoms with Crippen molar-refractivity contribution < 1.29 is 0 Å². The molecule has 0 atom stereocenters. The predicted octanol–water partition coefficient (Wildman–Crippen LogP) is 1.30. The minimum absolute atomic E-state index is 0.999. The van der Waals surface area contributed by atoms with E-state index in [1.807, 2.05) is 5.38 Å². The van der Waals surface area contributed by atoms with Crippen LogP contribution in [0.15, 0.2) is 11.0 Å². The lowest BCUT2D eigenvalue weighted by Gasteiger charge is -2.14. The molecule has 3 nitrogen and oxygen atoms in total. The van der Waals surface area contributed by atoms with E-state index in [1.54, 1.807) is 0 Å². The molecule has 64 valence electrons. The molecule has 0 aromatic carbocycles. The zero-order valence-corrected chi connectivity index (χ0v) is 7.60. The van der Waals surface area contributed by atoms with Gasteiger partial charge in [0, 0.05) is 11.9 Å². The van der Waals surface area contributed by atoms with Crippen molar-refractivity contribution in [3.8, 4) is 0 Å². The molecule has 0 radical (unpaired) electrons. The van der Waals surface area contributed by atoms with Crippen molar-refractivity contribution in [2.24, 2.45) is 0 Å². The van der Waals surface area contributed by atoms with Crippen LogP contribution in [0, 0.1) is 0 Å². The van der Waals surface area contributed by atoms with Crippen LogP contribution in [0.2, 0.25) is 0 Å². The summed E-state index contributed by atoms with van der Waals surface area (Å²) in [5.74, 6) is 0. The first-order chi connectivity index (χ1) is 5.95. The molecule has 0 saturated carbocycles. The highest BCUT2D eigenvalue weighted by molar-refractivity contribution is 7.03. The van der Waals surface area contributed by atoms with E-state index < -0.39 is 0 Å². The van der Waals surface area contributed by atoms with Gasteiger partial charge < -0.3 is 5.32 Å². The second-order valence-corrected chi connectivity index (χ2v) is 3.52. The molecule has 0 aliphatic carbocycles. The molecule has 0 bridgehead atoms. The van der Waals surface area contributed by atoms with E-state index in [0.29, 0.717) is 0 Å². The Morgan fingerprint density at radius 3 is 3.25 bits per heavy atom. The summed E-state index contributed by atoms with van der Waals surface area (Å²) in [4.78, 5) is 0. The summed E-state index contributed by atoms with van der Waals surface area (Å²) in [6.07, 6.45) is 4.57. The van der Waals surface area contributed by atoms with Crippen LogP contribution in [0.5, 0.6) is 0 Å². The van der Waals surface area contributed by atoms with Gasteiger partial charge in [-0.1, -0.05) is 10.1 Å². The van der Waals surface area contributed by atoms with E-state index in [0.717, 1.165) is 18.8 Å². The zero-order valence-electron chi connectivity index (χ0n) is 6.79. The first-order valence-electron chi connectivity index (χ1n) is 4.12. The van der Waals surface area contributed by atoms with Crippen molar-refractivity contribution in [3.63, 3.8) is 0 Å². The Kier molecular flexibility index (Phi) is 2.48. The van der Waals surface area contributed by atoms with Crippen LogP contribution < -0.4 is 5.32 Å². The van der Waals surface area contributed by atoms with Gasteiger partial charge in [-0.15, -0.1) is 5.10 Å². The van der Waals surface area contributed by atoms with Crippen LogP contribution in [0.25, 0.3) is 6.08 Å². The molecular formula is C8H11N3S. The minimum atomic E-state index is 0.999. The smallest absolute Gasteiger partial charge is 0.0981 e. The summed E-state index contributed by atoms with van der Waals surface area (Å²) in [6.45, 7) is 2.16. The highest BCUT2D eigenvalue weighted by Crippen LogP contribution is 2.12. The first kappa shape index (κ1) is 7.89. The number of piperidine rings is 1. The maximum absolute atomic E-state index is 3.97. The van der Waals surface area contributed by atoms with Gasteiger partial charge in [0.15, 0.2) is 0 Å². The second kappa shape index (κ2) is 3.78. The lowest BCUT2D eigenvalue weighted by molar-refractivity contribution is 0.613. The molecule has 0 unspecified atom stereocenters. The van der Waals surface area contributed by atoms with Crippen molar-refractivity contribution in [1.29, 1.82) is 0 Å². The zero-order chi connectivity index (χ0) is 8.23. The van der Waals surface area contributed by atoms with Gasteiger partial charge in [-0.2, -0.15) is 0 Å². The fourth-order valence-corrected chi connectivity index (χ4v) is 1.76. The van der Waals surface area contributed by atoms with Gasteiger partial charge in [-0.05, 0) is 37.0 Å². The van der Waals surface area contributed by atoms with Crippen molar-refractivity contribution in [3.05, 3.63) is 16.6 Å². The van der Waals surface area contributed by atoms with Crippen molar-refractivity contribution in [1.82, 2.24) is 14.9 Å². The number of hydrogen-bond donors (Lipinski definition) is 1. The SMILES string of the molecule is C(=C1CCCNC1)c1csnn1. The Bertz CT molecular complexity index is 258. The van der Waals surface area contributed by atoms with Gasteiger partial charge in [-0.3, -0.25) is 0 Å². The average Bonchev–Trinajstić information content (AvgIpc) is 2.59. The second-order valence-electron chi connectivity index (χ2n) is 2.91. The standard InChI is InChI=1S/C8H11N3S/c1-2-7(5-9-3-1)4-8-6-12-11-10-8/h4,6,9H,1-3,5H2. The fraction of sp³-hybridized carbons (Fsp3) is 0.500. The third-order valence-corrected chi connectivity index (χ3v) is 2.46. The Balaban J connectivity index is 2.07. The van der Waals surface area contributed by atoms with Gasteiger partial charge in [0.1, 0.15) is 0 Å². The lowest BCUT2D eigenvalue weighted by atomic mass is 10.1. The molecule has 1 saturated heterocycles. The molecule has 1 aromatic heterocycles. The van der Waals surface area contributed by atoms with E-state index >= 15 is 0 Å². The molecule has 1 N–H and O–H groups in total. The van der Waals surface area contributed by atoms with Crippen molar-refractivity contribution in [2.75, 3.05) is 13.1 Å². The number of nitrogens with zero attached hydrogens (tertiary/aromatic N) is 2. The monoisotopic (exact) mass is 181 g/mol. The molecule has 2 rings (SSSR count). The van der Waals surface area contributed by atoms with Gasteiger partial charge in [-0.25, -0.2) is 0 Å². The number of nitrogens with one attached hydrogen (secondary N) is 1. The Morgan fingerprint density at radius 2 is 2.58 bits per heavy atom. The molecule has 2 heterocycles. The normalized spacial score (nSPS) is 21.5. The molecule has 0 amide bonds. The van der Waals surface area contributed by atoms with Crippen LogP contribution in [0.1, 0.15) is 18.5 Å². The van der Waals surface area contributed by atoms with Crippen LogP contribution in [0.4, 0.5) is 0 Å². The summed E-state index contributed by atoms with van der Waals surface area (Å²) >= 11 is 1.40. The topological polar surface area (TPSA) is 37.8 Å². The Hall–Kier alpha value is -0.740. The van der Waals surface area contributed by atoms with E-state index in [9.17, 15) is 0 Å². The number of hydrogen-bond acceptors (Lipinski definition) is 4. The van der Waals surface area contributed by atoms with Gasteiger partial charge >= 0.3 is 0 Å². The molecular weight excluding hydrogens is 170 g/mol. The number of aromatic nitrogens is 2. The number of rotatable bonds is 1. The third-order valence-electron chi connectivity index (χ3n) is 1.93. The van der Waals surface area contributed by atoms with Crippen LogP contribution in [0.3, 0.4) is 0 Å². The van der Waals surface area contributed by atoms with E-state index in [1.165, 1.54) is 29.9 Å². The van der Waals surface area contributed by atoms with E-state index in [4.69, 9.17) is 0 Å². The van der Waals surface area contributed by atoms with Crippen LogP contribution in [-0.2, 0) is 0 Å². The summed E-state index contributed by atoms with van der Waals surface area (Å²) in [7, 11) is 0. The summed E-state index contributed by atoms with van der Waals surface area (Å²) in [5, 5.41) is 9.28. The summed E-state index contributed by atoms with van der Waals surface area (Å²) in [5.41, 5.74) is 2.44. The molecule has 12 heavy (non-hydrogen) atoms. The van der Waals surface area contributed by atoms with Gasteiger partial charge in [0.05, 0.1) is 5.69 Å². The van der Waals surface area contributed by atoms with Gasteiger partial charge in [0.2, 0.25) is 0 Å². The van der Waals surface area contributed by atoms with E-state index in [-0.39, 0.29) is 0 Å². The largest absolute Gasteiger partial charge is 0.313 e.